The minimum Gasteiger partial charge on any atom is -0.334 e. The van der Waals surface area contributed by atoms with Crippen molar-refractivity contribution in [3.63, 3.8) is 0 Å². The van der Waals surface area contributed by atoms with Gasteiger partial charge in [-0.2, -0.15) is 9.29 Å². The van der Waals surface area contributed by atoms with Gasteiger partial charge in [-0.3, -0.25) is 4.90 Å². The number of hydrogen-bond donors (Lipinski definition) is 0. The first kappa shape index (κ1) is 19.6. The molecular formula is C19H18F2N4O3S. The predicted octanol–water partition coefficient (Wildman–Crippen LogP) is 2.52. The van der Waals surface area contributed by atoms with Crippen molar-refractivity contribution in [1.82, 2.24) is 19.3 Å². The van der Waals surface area contributed by atoms with Crippen LogP contribution in [0.3, 0.4) is 0 Å². The smallest absolute Gasteiger partial charge is 0.257 e. The lowest BCUT2D eigenvalue weighted by molar-refractivity contribution is 0.176. The minimum absolute atomic E-state index is 0.183. The third kappa shape index (κ3) is 4.19. The number of halogens is 2. The Morgan fingerprint density at radius 2 is 1.72 bits per heavy atom. The molecule has 0 radical (unpaired) electrons. The summed E-state index contributed by atoms with van der Waals surface area (Å²) in [5, 5.41) is 3.98. The molecule has 1 aliphatic rings. The van der Waals surface area contributed by atoms with Gasteiger partial charge in [-0.15, -0.1) is 0 Å². The Kier molecular flexibility index (Phi) is 5.39. The molecule has 0 saturated carbocycles. The van der Waals surface area contributed by atoms with Crippen LogP contribution >= 0.6 is 0 Å². The zero-order chi connectivity index (χ0) is 20.4. The van der Waals surface area contributed by atoms with E-state index in [0.717, 1.165) is 17.7 Å². The van der Waals surface area contributed by atoms with Crippen molar-refractivity contribution in [3.05, 3.63) is 66.0 Å². The van der Waals surface area contributed by atoms with E-state index in [4.69, 9.17) is 4.52 Å². The summed E-state index contributed by atoms with van der Waals surface area (Å²) in [6.07, 6.45) is 0. The summed E-state index contributed by atoms with van der Waals surface area (Å²) in [5.74, 6) is -0.979. The number of aromatic nitrogens is 2. The van der Waals surface area contributed by atoms with Gasteiger partial charge in [-0.25, -0.2) is 17.2 Å². The van der Waals surface area contributed by atoms with Gasteiger partial charge in [0.05, 0.1) is 6.54 Å². The summed E-state index contributed by atoms with van der Waals surface area (Å²) < 4.78 is 58.8. The van der Waals surface area contributed by atoms with Crippen LogP contribution in [-0.2, 0) is 16.6 Å². The fourth-order valence-electron chi connectivity index (χ4n) is 3.17. The highest BCUT2D eigenvalue weighted by molar-refractivity contribution is 7.89. The van der Waals surface area contributed by atoms with Crippen LogP contribution in [0.15, 0.2) is 57.9 Å². The molecule has 1 aromatic heterocycles. The number of piperazine rings is 1. The second-order valence-electron chi connectivity index (χ2n) is 6.64. The van der Waals surface area contributed by atoms with E-state index < -0.39 is 26.6 Å². The Morgan fingerprint density at radius 1 is 1.00 bits per heavy atom. The molecule has 29 heavy (non-hydrogen) atoms. The van der Waals surface area contributed by atoms with E-state index in [1.165, 1.54) is 4.31 Å². The van der Waals surface area contributed by atoms with Crippen molar-refractivity contribution in [2.75, 3.05) is 26.2 Å². The van der Waals surface area contributed by atoms with Crippen molar-refractivity contribution in [2.24, 2.45) is 0 Å². The first-order chi connectivity index (χ1) is 13.9. The molecule has 2 aromatic carbocycles. The molecule has 1 saturated heterocycles. The first-order valence-corrected chi connectivity index (χ1v) is 10.4. The van der Waals surface area contributed by atoms with Crippen LogP contribution in [0.5, 0.6) is 0 Å². The van der Waals surface area contributed by atoms with Gasteiger partial charge in [-0.05, 0) is 24.3 Å². The van der Waals surface area contributed by atoms with Crippen molar-refractivity contribution in [2.45, 2.75) is 11.4 Å². The summed E-state index contributed by atoms with van der Waals surface area (Å²) in [4.78, 5) is 5.85. The Balaban J connectivity index is 1.39. The zero-order valence-electron chi connectivity index (χ0n) is 15.3. The third-order valence-electron chi connectivity index (χ3n) is 4.70. The number of rotatable bonds is 5. The normalized spacial score (nSPS) is 16.2. The topological polar surface area (TPSA) is 79.5 Å². The van der Waals surface area contributed by atoms with Crippen molar-refractivity contribution in [1.29, 1.82) is 0 Å². The minimum atomic E-state index is -4.02. The van der Waals surface area contributed by atoms with Gasteiger partial charge in [-0.1, -0.05) is 23.4 Å². The van der Waals surface area contributed by atoms with Crippen LogP contribution in [0.25, 0.3) is 11.5 Å². The molecule has 0 unspecified atom stereocenters. The fraction of sp³-hybridized carbons (Fsp3) is 0.263. The van der Waals surface area contributed by atoms with Crippen molar-refractivity contribution >= 4 is 10.0 Å². The van der Waals surface area contributed by atoms with Gasteiger partial charge in [0.2, 0.25) is 10.0 Å². The molecular weight excluding hydrogens is 402 g/mol. The van der Waals surface area contributed by atoms with Gasteiger partial charge in [0.1, 0.15) is 16.5 Å². The van der Waals surface area contributed by atoms with Crippen LogP contribution < -0.4 is 0 Å². The summed E-state index contributed by atoms with van der Waals surface area (Å²) in [7, 11) is -4.02. The largest absolute Gasteiger partial charge is 0.334 e. The standard InChI is InChI=1S/C19H18F2N4O3S/c20-15-6-7-17(16(21)12-15)29(26,27)25-10-8-24(9-11-25)13-18-22-19(28-23-18)14-4-2-1-3-5-14/h1-7,12H,8-11,13H2. The summed E-state index contributed by atoms with van der Waals surface area (Å²) in [5.41, 5.74) is 0.823. The van der Waals surface area contributed by atoms with E-state index in [1.807, 2.05) is 35.2 Å². The maximum absolute atomic E-state index is 13.9. The van der Waals surface area contributed by atoms with Crippen LogP contribution in [0.4, 0.5) is 8.78 Å². The molecule has 0 spiro atoms. The number of sulfonamides is 1. The van der Waals surface area contributed by atoms with Crippen LogP contribution in [0.1, 0.15) is 5.82 Å². The Morgan fingerprint density at radius 3 is 2.41 bits per heavy atom. The second kappa shape index (κ2) is 7.97. The molecule has 7 nitrogen and oxygen atoms in total. The molecule has 1 fully saturated rings. The van der Waals surface area contributed by atoms with Gasteiger partial charge in [0.25, 0.3) is 5.89 Å². The number of hydrogen-bond acceptors (Lipinski definition) is 6. The predicted molar refractivity (Wildman–Crippen MR) is 100 cm³/mol. The van der Waals surface area contributed by atoms with Crippen LogP contribution in [-0.4, -0.2) is 53.9 Å². The SMILES string of the molecule is O=S(=O)(c1ccc(F)cc1F)N1CCN(Cc2noc(-c3ccccc3)n2)CC1. The van der Waals surface area contributed by atoms with E-state index in [2.05, 4.69) is 10.1 Å². The highest BCUT2D eigenvalue weighted by Crippen LogP contribution is 2.22. The van der Waals surface area contributed by atoms with E-state index in [1.54, 1.807) is 0 Å². The van der Waals surface area contributed by atoms with E-state index >= 15 is 0 Å². The molecule has 3 aromatic rings. The lowest BCUT2D eigenvalue weighted by Crippen LogP contribution is -2.48. The Bertz CT molecular complexity index is 1100. The van der Waals surface area contributed by atoms with Crippen LogP contribution in [0, 0.1) is 11.6 Å². The molecule has 0 N–H and O–H groups in total. The van der Waals surface area contributed by atoms with Gasteiger partial charge in [0, 0.05) is 37.8 Å². The lowest BCUT2D eigenvalue weighted by atomic mass is 10.2. The van der Waals surface area contributed by atoms with Crippen molar-refractivity contribution in [3.8, 4) is 11.5 Å². The molecule has 2 heterocycles. The summed E-state index contributed by atoms with van der Waals surface area (Å²) >= 11 is 0. The zero-order valence-corrected chi connectivity index (χ0v) is 16.1. The lowest BCUT2D eigenvalue weighted by Gasteiger charge is -2.33. The highest BCUT2D eigenvalue weighted by atomic mass is 32.2. The van der Waals surface area contributed by atoms with E-state index in [0.29, 0.717) is 37.4 Å². The van der Waals surface area contributed by atoms with Gasteiger partial charge < -0.3 is 4.52 Å². The number of nitrogens with zero attached hydrogens (tertiary/aromatic N) is 4. The third-order valence-corrected chi connectivity index (χ3v) is 6.63. The molecule has 10 heteroatoms. The van der Waals surface area contributed by atoms with Gasteiger partial charge in [0.15, 0.2) is 5.82 Å². The maximum atomic E-state index is 13.9. The molecule has 0 bridgehead atoms. The summed E-state index contributed by atoms with van der Waals surface area (Å²) in [6.45, 7) is 1.63. The molecule has 1 aliphatic heterocycles. The van der Waals surface area contributed by atoms with Crippen LogP contribution in [0.2, 0.25) is 0 Å². The average molecular weight is 420 g/mol. The fourth-order valence-corrected chi connectivity index (χ4v) is 4.64. The Hall–Kier alpha value is -2.69. The monoisotopic (exact) mass is 420 g/mol. The van der Waals surface area contributed by atoms with Crippen molar-refractivity contribution < 1.29 is 21.7 Å². The molecule has 152 valence electrons. The molecule has 0 atom stereocenters. The maximum Gasteiger partial charge on any atom is 0.257 e. The molecule has 0 amide bonds. The van der Waals surface area contributed by atoms with Gasteiger partial charge >= 0.3 is 0 Å². The number of benzene rings is 2. The average Bonchev–Trinajstić information content (AvgIpc) is 3.17. The Labute approximate surface area is 166 Å². The molecule has 0 aliphatic carbocycles. The van der Waals surface area contributed by atoms with E-state index in [-0.39, 0.29) is 13.1 Å². The first-order valence-electron chi connectivity index (χ1n) is 8.99. The summed E-state index contributed by atoms with van der Waals surface area (Å²) in [6, 6.07) is 11.9. The second-order valence-corrected chi connectivity index (χ2v) is 8.54. The quantitative estimate of drug-likeness (QED) is 0.631. The highest BCUT2D eigenvalue weighted by Gasteiger charge is 2.31. The molecule has 4 rings (SSSR count). The van der Waals surface area contributed by atoms with E-state index in [9.17, 15) is 17.2 Å².